The first-order valence-electron chi connectivity index (χ1n) is 14.6. The molecule has 2 aromatic carbocycles. The molecule has 0 atom stereocenters. The smallest absolute Gasteiger partial charge is 0.201 e. The highest BCUT2D eigenvalue weighted by atomic mass is 28.4. The summed E-state index contributed by atoms with van der Waals surface area (Å²) >= 11 is 0. The molecule has 5 heteroatoms. The van der Waals surface area contributed by atoms with E-state index in [0.29, 0.717) is 40.8 Å². The molecule has 0 saturated heterocycles. The minimum absolute atomic E-state index is 0.0465. The molecular weight excluding hydrogens is 494 g/mol. The molecule has 0 radical (unpaired) electrons. The molecule has 1 saturated carbocycles. The van der Waals surface area contributed by atoms with Crippen LogP contribution in [0.2, 0.25) is 16.6 Å². The Kier molecular flexibility index (Phi) is 11.2. The molecule has 2 nitrogen and oxygen atoms in total. The second kappa shape index (κ2) is 13.9. The largest absolute Gasteiger partial charge is 0.491 e. The van der Waals surface area contributed by atoms with Gasteiger partial charge in [-0.2, -0.15) is 4.39 Å². The summed E-state index contributed by atoms with van der Waals surface area (Å²) in [5, 5.41) is 0. The van der Waals surface area contributed by atoms with E-state index in [4.69, 9.17) is 9.16 Å². The third-order valence-electron chi connectivity index (χ3n) is 8.42. The van der Waals surface area contributed by atoms with Gasteiger partial charge in [0.1, 0.15) is 0 Å². The monoisotopic (exact) mass is 542 g/mol. The highest BCUT2D eigenvalue weighted by Crippen LogP contribution is 2.44. The Morgan fingerprint density at radius 2 is 1.45 bits per heavy atom. The van der Waals surface area contributed by atoms with E-state index in [-0.39, 0.29) is 11.3 Å². The number of hydrogen-bond acceptors (Lipinski definition) is 2. The quantitative estimate of drug-likeness (QED) is 0.196. The second-order valence-corrected chi connectivity index (χ2v) is 17.2. The summed E-state index contributed by atoms with van der Waals surface area (Å²) in [5.74, 6) is -1.20. The van der Waals surface area contributed by atoms with Gasteiger partial charge in [-0.05, 0) is 91.2 Å². The molecule has 38 heavy (non-hydrogen) atoms. The van der Waals surface area contributed by atoms with Crippen LogP contribution in [0.1, 0.15) is 86.1 Å². The molecule has 0 spiro atoms. The first-order chi connectivity index (χ1) is 18.1. The first-order valence-corrected chi connectivity index (χ1v) is 16.8. The Labute approximate surface area is 231 Å². The predicted octanol–water partition coefficient (Wildman–Crippen LogP) is 10.3. The number of rotatable bonds is 12. The van der Waals surface area contributed by atoms with Gasteiger partial charge in [0.15, 0.2) is 11.6 Å². The van der Waals surface area contributed by atoms with Crippen molar-refractivity contribution < 1.29 is 17.9 Å². The highest BCUT2D eigenvalue weighted by molar-refractivity contribution is 6.77. The first kappa shape index (κ1) is 30.6. The van der Waals surface area contributed by atoms with Crippen molar-refractivity contribution >= 4 is 8.32 Å². The zero-order valence-electron chi connectivity index (χ0n) is 24.5. The molecule has 0 N–H and O–H groups in total. The van der Waals surface area contributed by atoms with Crippen LogP contribution in [-0.2, 0) is 10.8 Å². The molecule has 1 fully saturated rings. The molecule has 1 aliphatic carbocycles. The van der Waals surface area contributed by atoms with E-state index in [1.807, 2.05) is 24.3 Å². The van der Waals surface area contributed by atoms with Gasteiger partial charge in [-0.3, -0.25) is 0 Å². The Bertz CT molecular complexity index is 1020. The van der Waals surface area contributed by atoms with Gasteiger partial charge >= 0.3 is 0 Å². The number of benzene rings is 2. The van der Waals surface area contributed by atoms with Gasteiger partial charge in [0.2, 0.25) is 14.1 Å². The van der Waals surface area contributed by atoms with Crippen molar-refractivity contribution in [2.45, 2.75) is 110 Å². The minimum Gasteiger partial charge on any atom is -0.491 e. The van der Waals surface area contributed by atoms with Crippen molar-refractivity contribution in [1.82, 2.24) is 0 Å². The SMILES string of the molecule is CCOc1ccc(-c2ccc(CCC=CC3CCC(O[Si](C(C)C)(C(C)C)C(C)C)CC3)cc2)c(F)c1F. The molecule has 0 amide bonds. The van der Waals surface area contributed by atoms with Crippen molar-refractivity contribution in [3.8, 4) is 16.9 Å². The van der Waals surface area contributed by atoms with Gasteiger partial charge in [0.25, 0.3) is 0 Å². The lowest BCUT2D eigenvalue weighted by Gasteiger charge is -2.45. The van der Waals surface area contributed by atoms with Crippen LogP contribution in [0.5, 0.6) is 5.75 Å². The zero-order valence-corrected chi connectivity index (χ0v) is 25.5. The third-order valence-corrected chi connectivity index (χ3v) is 14.6. The molecule has 210 valence electrons. The molecule has 2 aromatic rings. The van der Waals surface area contributed by atoms with Crippen LogP contribution < -0.4 is 4.74 Å². The van der Waals surface area contributed by atoms with Crippen molar-refractivity contribution in [3.05, 3.63) is 65.7 Å². The van der Waals surface area contributed by atoms with Crippen molar-refractivity contribution in [1.29, 1.82) is 0 Å². The molecular formula is C33H48F2O2Si. The summed E-state index contributed by atoms with van der Waals surface area (Å²) in [5.41, 5.74) is 4.02. The molecule has 0 unspecified atom stereocenters. The van der Waals surface area contributed by atoms with Crippen molar-refractivity contribution in [2.75, 3.05) is 6.61 Å². The lowest BCUT2D eigenvalue weighted by molar-refractivity contribution is 0.120. The lowest BCUT2D eigenvalue weighted by atomic mass is 9.87. The number of hydrogen-bond donors (Lipinski definition) is 0. The van der Waals surface area contributed by atoms with E-state index >= 15 is 0 Å². The average Bonchev–Trinajstić information content (AvgIpc) is 2.89. The topological polar surface area (TPSA) is 18.5 Å². The molecule has 1 aliphatic rings. The van der Waals surface area contributed by atoms with Crippen LogP contribution in [0.25, 0.3) is 11.1 Å². The van der Waals surface area contributed by atoms with Gasteiger partial charge in [0, 0.05) is 11.7 Å². The fourth-order valence-corrected chi connectivity index (χ4v) is 12.1. The Hall–Kier alpha value is -1.98. The van der Waals surface area contributed by atoms with Crippen LogP contribution in [-0.4, -0.2) is 21.0 Å². The fraction of sp³-hybridized carbons (Fsp3) is 0.576. The number of aryl methyl sites for hydroxylation is 1. The number of halogens is 2. The molecule has 0 aromatic heterocycles. The Morgan fingerprint density at radius 3 is 2.00 bits per heavy atom. The van der Waals surface area contributed by atoms with Crippen molar-refractivity contribution in [2.24, 2.45) is 5.92 Å². The third kappa shape index (κ3) is 7.15. The van der Waals surface area contributed by atoms with Crippen LogP contribution in [0.15, 0.2) is 48.6 Å². The number of ether oxygens (including phenoxy) is 1. The summed E-state index contributed by atoms with van der Waals surface area (Å²) in [4.78, 5) is 0. The summed E-state index contributed by atoms with van der Waals surface area (Å²) in [6, 6.07) is 10.8. The fourth-order valence-electron chi connectivity index (χ4n) is 6.51. The molecule has 0 bridgehead atoms. The zero-order chi connectivity index (χ0) is 27.9. The summed E-state index contributed by atoms with van der Waals surface area (Å²) in [7, 11) is -1.81. The summed E-state index contributed by atoms with van der Waals surface area (Å²) in [6.07, 6.45) is 11.8. The Morgan fingerprint density at radius 1 is 0.842 bits per heavy atom. The van der Waals surface area contributed by atoms with E-state index < -0.39 is 20.0 Å². The van der Waals surface area contributed by atoms with Gasteiger partial charge in [0.05, 0.1) is 6.61 Å². The van der Waals surface area contributed by atoms with Gasteiger partial charge in [-0.25, -0.2) is 4.39 Å². The highest BCUT2D eigenvalue weighted by Gasteiger charge is 2.46. The lowest BCUT2D eigenvalue weighted by Crippen LogP contribution is -2.50. The maximum atomic E-state index is 14.5. The summed E-state index contributed by atoms with van der Waals surface area (Å²) < 4.78 is 41.0. The molecule has 3 rings (SSSR count). The maximum absolute atomic E-state index is 14.5. The van der Waals surface area contributed by atoms with E-state index in [1.165, 1.54) is 37.3 Å². The maximum Gasteiger partial charge on any atom is 0.201 e. The van der Waals surface area contributed by atoms with E-state index in [9.17, 15) is 8.78 Å². The van der Waals surface area contributed by atoms with Crippen LogP contribution in [0.4, 0.5) is 8.78 Å². The van der Waals surface area contributed by atoms with Crippen LogP contribution >= 0.6 is 0 Å². The second-order valence-electron chi connectivity index (χ2n) is 11.8. The van der Waals surface area contributed by atoms with Gasteiger partial charge < -0.3 is 9.16 Å². The van der Waals surface area contributed by atoms with E-state index in [0.717, 1.165) is 12.8 Å². The standard InChI is InChI=1S/C33H48F2O2Si/c1-8-36-31-22-21-30(32(34)33(31)35)28-17-13-26(14-18-28)11-9-10-12-27-15-19-29(20-16-27)37-38(23(2)3,24(4)5)25(6)7/h10,12-14,17-18,21-25,27,29H,8-9,11,15-16,19-20H2,1-7H3. The molecule has 0 heterocycles. The van der Waals surface area contributed by atoms with E-state index in [2.05, 4.69) is 53.7 Å². The van der Waals surface area contributed by atoms with Gasteiger partial charge in [-0.1, -0.05) is 78.0 Å². The summed E-state index contributed by atoms with van der Waals surface area (Å²) in [6.45, 7) is 16.2. The average molecular weight is 543 g/mol. The molecule has 0 aliphatic heterocycles. The van der Waals surface area contributed by atoms with Crippen LogP contribution in [0, 0.1) is 17.6 Å². The van der Waals surface area contributed by atoms with Crippen LogP contribution in [0.3, 0.4) is 0 Å². The predicted molar refractivity (Wildman–Crippen MR) is 158 cm³/mol. The van der Waals surface area contributed by atoms with Crippen molar-refractivity contribution in [3.63, 3.8) is 0 Å². The van der Waals surface area contributed by atoms with E-state index in [1.54, 1.807) is 13.0 Å². The number of allylic oxidation sites excluding steroid dienone is 2. The van der Waals surface area contributed by atoms with Gasteiger partial charge in [-0.15, -0.1) is 0 Å². The normalized spacial score (nSPS) is 18.7. The Balaban J connectivity index is 1.49. The minimum atomic E-state index is -1.81.